The molecular formula is C16H19NO3S. The van der Waals surface area contributed by atoms with Crippen molar-refractivity contribution in [3.05, 3.63) is 59.7 Å². The number of sulfone groups is 1. The molecule has 112 valence electrons. The van der Waals surface area contributed by atoms with Gasteiger partial charge in [-0.05, 0) is 36.4 Å². The fourth-order valence-corrected chi connectivity index (χ4v) is 2.67. The van der Waals surface area contributed by atoms with Crippen LogP contribution >= 0.6 is 0 Å². The summed E-state index contributed by atoms with van der Waals surface area (Å²) < 4.78 is 28.8. The van der Waals surface area contributed by atoms with Gasteiger partial charge in [-0.2, -0.15) is 0 Å². The highest BCUT2D eigenvalue weighted by molar-refractivity contribution is 7.90. The summed E-state index contributed by atoms with van der Waals surface area (Å²) in [5.74, 6) is 0.553. The van der Waals surface area contributed by atoms with Crippen LogP contribution in [0.4, 0.5) is 0 Å². The first-order chi connectivity index (χ1) is 10.0. The largest absolute Gasteiger partial charge is 0.489 e. The summed E-state index contributed by atoms with van der Waals surface area (Å²) in [5, 5.41) is 3.12. The zero-order chi connectivity index (χ0) is 15.3. The second kappa shape index (κ2) is 6.74. The summed E-state index contributed by atoms with van der Waals surface area (Å²) in [4.78, 5) is 0.267. The van der Waals surface area contributed by atoms with Gasteiger partial charge >= 0.3 is 0 Å². The van der Waals surface area contributed by atoms with Crippen LogP contribution in [0.3, 0.4) is 0 Å². The molecule has 21 heavy (non-hydrogen) atoms. The lowest BCUT2D eigenvalue weighted by Gasteiger charge is -2.11. The van der Waals surface area contributed by atoms with Gasteiger partial charge in [0.2, 0.25) is 0 Å². The topological polar surface area (TPSA) is 55.4 Å². The zero-order valence-electron chi connectivity index (χ0n) is 12.2. The van der Waals surface area contributed by atoms with Gasteiger partial charge in [0, 0.05) is 12.8 Å². The molecule has 5 heteroatoms. The Morgan fingerprint density at radius 1 is 1.05 bits per heavy atom. The smallest absolute Gasteiger partial charge is 0.175 e. The average Bonchev–Trinajstić information content (AvgIpc) is 2.46. The number of rotatable bonds is 6. The van der Waals surface area contributed by atoms with Crippen LogP contribution in [-0.2, 0) is 23.0 Å². The van der Waals surface area contributed by atoms with E-state index in [1.807, 2.05) is 31.3 Å². The number of ether oxygens (including phenoxy) is 1. The van der Waals surface area contributed by atoms with E-state index >= 15 is 0 Å². The van der Waals surface area contributed by atoms with Crippen molar-refractivity contribution in [1.29, 1.82) is 0 Å². The summed E-state index contributed by atoms with van der Waals surface area (Å²) in [5.41, 5.74) is 2.25. The highest BCUT2D eigenvalue weighted by atomic mass is 32.2. The minimum Gasteiger partial charge on any atom is -0.489 e. The molecule has 0 unspecified atom stereocenters. The van der Waals surface area contributed by atoms with Gasteiger partial charge in [-0.1, -0.05) is 30.3 Å². The summed E-state index contributed by atoms with van der Waals surface area (Å²) in [6, 6.07) is 14.6. The van der Waals surface area contributed by atoms with Gasteiger partial charge in [-0.3, -0.25) is 0 Å². The molecule has 0 saturated carbocycles. The maximum absolute atomic E-state index is 11.5. The molecule has 0 saturated heterocycles. The fraction of sp³-hybridized carbons (Fsp3) is 0.250. The third-order valence-corrected chi connectivity index (χ3v) is 4.22. The molecule has 0 bridgehead atoms. The Bertz CT molecular complexity index is 711. The van der Waals surface area contributed by atoms with Crippen molar-refractivity contribution in [3.63, 3.8) is 0 Å². The molecule has 0 heterocycles. The molecule has 0 spiro atoms. The number of nitrogens with one attached hydrogen (secondary N) is 1. The molecule has 1 N–H and O–H groups in total. The van der Waals surface area contributed by atoms with Crippen LogP contribution in [0.15, 0.2) is 53.4 Å². The Hall–Kier alpha value is -1.85. The zero-order valence-corrected chi connectivity index (χ0v) is 13.0. The maximum atomic E-state index is 11.5. The molecule has 0 atom stereocenters. The van der Waals surface area contributed by atoms with Crippen molar-refractivity contribution < 1.29 is 13.2 Å². The third kappa shape index (κ3) is 4.31. The third-order valence-electron chi connectivity index (χ3n) is 3.11. The maximum Gasteiger partial charge on any atom is 0.175 e. The van der Waals surface area contributed by atoms with Crippen LogP contribution in [0.5, 0.6) is 5.75 Å². The number of hydrogen-bond acceptors (Lipinski definition) is 4. The standard InChI is InChI=1S/C16H19NO3S/c1-17-11-13-6-3-4-7-14(13)12-20-15-8-5-9-16(10-15)21(2,18)19/h3-10,17H,11-12H2,1-2H3. The molecule has 4 nitrogen and oxygen atoms in total. The first kappa shape index (κ1) is 15.5. The summed E-state index contributed by atoms with van der Waals surface area (Å²) in [6.07, 6.45) is 1.19. The van der Waals surface area contributed by atoms with Crippen molar-refractivity contribution in [3.8, 4) is 5.75 Å². The summed E-state index contributed by atoms with van der Waals surface area (Å²) in [7, 11) is -1.32. The first-order valence-electron chi connectivity index (χ1n) is 6.65. The minimum atomic E-state index is -3.22. The molecule has 2 aromatic rings. The predicted molar refractivity (Wildman–Crippen MR) is 83.1 cm³/mol. The molecular weight excluding hydrogens is 286 g/mol. The second-order valence-corrected chi connectivity index (χ2v) is 6.85. The van der Waals surface area contributed by atoms with Crippen LogP contribution in [0.25, 0.3) is 0 Å². The SMILES string of the molecule is CNCc1ccccc1COc1cccc(S(C)(=O)=O)c1. The van der Waals surface area contributed by atoms with Crippen LogP contribution in [-0.4, -0.2) is 21.7 Å². The molecule has 0 aromatic heterocycles. The Balaban J connectivity index is 2.14. The lowest BCUT2D eigenvalue weighted by atomic mass is 10.1. The second-order valence-electron chi connectivity index (χ2n) is 4.83. The van der Waals surface area contributed by atoms with E-state index in [2.05, 4.69) is 5.32 Å². The highest BCUT2D eigenvalue weighted by Gasteiger charge is 2.08. The van der Waals surface area contributed by atoms with Gasteiger partial charge in [0.15, 0.2) is 9.84 Å². The van der Waals surface area contributed by atoms with Crippen molar-refractivity contribution in [1.82, 2.24) is 5.32 Å². The van der Waals surface area contributed by atoms with Gasteiger partial charge < -0.3 is 10.1 Å². The fourth-order valence-electron chi connectivity index (χ4n) is 2.02. The van der Waals surface area contributed by atoms with Crippen molar-refractivity contribution in [2.75, 3.05) is 13.3 Å². The molecule has 0 amide bonds. The van der Waals surface area contributed by atoms with Crippen molar-refractivity contribution >= 4 is 9.84 Å². The van der Waals surface area contributed by atoms with Crippen LogP contribution in [0.2, 0.25) is 0 Å². The Morgan fingerprint density at radius 3 is 2.43 bits per heavy atom. The van der Waals surface area contributed by atoms with E-state index in [0.29, 0.717) is 12.4 Å². The molecule has 0 radical (unpaired) electrons. The summed E-state index contributed by atoms with van der Waals surface area (Å²) >= 11 is 0. The van der Waals surface area contributed by atoms with E-state index in [1.165, 1.54) is 11.8 Å². The van der Waals surface area contributed by atoms with Gasteiger partial charge in [0.25, 0.3) is 0 Å². The van der Waals surface area contributed by atoms with Gasteiger partial charge in [-0.15, -0.1) is 0 Å². The molecule has 0 aliphatic rings. The van der Waals surface area contributed by atoms with E-state index < -0.39 is 9.84 Å². The van der Waals surface area contributed by atoms with E-state index in [0.717, 1.165) is 12.1 Å². The normalized spacial score (nSPS) is 11.3. The molecule has 2 rings (SSSR count). The van der Waals surface area contributed by atoms with E-state index in [4.69, 9.17) is 4.74 Å². The lowest BCUT2D eigenvalue weighted by Crippen LogP contribution is -2.09. The molecule has 0 fully saturated rings. The van der Waals surface area contributed by atoms with E-state index in [-0.39, 0.29) is 4.90 Å². The highest BCUT2D eigenvalue weighted by Crippen LogP contribution is 2.19. The van der Waals surface area contributed by atoms with Crippen molar-refractivity contribution in [2.45, 2.75) is 18.0 Å². The molecule has 0 aliphatic carbocycles. The summed E-state index contributed by atoms with van der Waals surface area (Å²) in [6.45, 7) is 1.17. The van der Waals surface area contributed by atoms with Gasteiger partial charge in [0.05, 0.1) is 4.90 Å². The van der Waals surface area contributed by atoms with Crippen LogP contribution in [0.1, 0.15) is 11.1 Å². The van der Waals surface area contributed by atoms with Crippen molar-refractivity contribution in [2.24, 2.45) is 0 Å². The van der Waals surface area contributed by atoms with Crippen LogP contribution in [0, 0.1) is 0 Å². The van der Waals surface area contributed by atoms with Crippen LogP contribution < -0.4 is 10.1 Å². The minimum absolute atomic E-state index is 0.267. The number of benzene rings is 2. The number of hydrogen-bond donors (Lipinski definition) is 1. The molecule has 2 aromatic carbocycles. The van der Waals surface area contributed by atoms with E-state index in [1.54, 1.807) is 24.3 Å². The lowest BCUT2D eigenvalue weighted by molar-refractivity contribution is 0.304. The van der Waals surface area contributed by atoms with E-state index in [9.17, 15) is 8.42 Å². The predicted octanol–water partition coefficient (Wildman–Crippen LogP) is 2.39. The Kier molecular flexibility index (Phi) is 4.98. The Morgan fingerprint density at radius 2 is 1.76 bits per heavy atom. The molecule has 0 aliphatic heterocycles. The Labute approximate surface area is 125 Å². The van der Waals surface area contributed by atoms with Gasteiger partial charge in [-0.25, -0.2) is 8.42 Å². The first-order valence-corrected chi connectivity index (χ1v) is 8.54. The average molecular weight is 305 g/mol. The quantitative estimate of drug-likeness (QED) is 0.890. The van der Waals surface area contributed by atoms with Gasteiger partial charge in [0.1, 0.15) is 12.4 Å². The monoisotopic (exact) mass is 305 g/mol.